The first-order valence-corrected chi connectivity index (χ1v) is 6.21. The normalized spacial score (nSPS) is 12.5. The van der Waals surface area contributed by atoms with Crippen LogP contribution in [0.5, 0.6) is 0 Å². The van der Waals surface area contributed by atoms with Crippen LogP contribution in [-0.4, -0.2) is 16.8 Å². The van der Waals surface area contributed by atoms with Crippen molar-refractivity contribution in [2.45, 2.75) is 19.5 Å². The third-order valence-electron chi connectivity index (χ3n) is 3.07. The molecule has 0 aliphatic carbocycles. The summed E-state index contributed by atoms with van der Waals surface area (Å²) in [7, 11) is 3.80. The minimum Gasteiger partial charge on any atom is -0.370 e. The van der Waals surface area contributed by atoms with Gasteiger partial charge in [0.05, 0.1) is 6.20 Å². The van der Waals surface area contributed by atoms with E-state index in [-0.39, 0.29) is 11.9 Å². The van der Waals surface area contributed by atoms with Gasteiger partial charge >= 0.3 is 0 Å². The van der Waals surface area contributed by atoms with Gasteiger partial charge in [0.1, 0.15) is 5.82 Å². The van der Waals surface area contributed by atoms with Crippen LogP contribution in [0.25, 0.3) is 0 Å². The van der Waals surface area contributed by atoms with E-state index in [1.807, 2.05) is 31.3 Å². The van der Waals surface area contributed by atoms with Crippen molar-refractivity contribution in [2.75, 3.05) is 11.9 Å². The topological polar surface area (TPSA) is 47.1 Å². The predicted molar refractivity (Wildman–Crippen MR) is 74.3 cm³/mol. The van der Waals surface area contributed by atoms with Crippen LogP contribution in [0.1, 0.15) is 24.1 Å². The molecule has 1 unspecified atom stereocenters. The van der Waals surface area contributed by atoms with E-state index in [9.17, 15) is 4.39 Å². The third kappa shape index (κ3) is 2.93. The van der Waals surface area contributed by atoms with E-state index in [2.05, 4.69) is 5.10 Å². The molecule has 0 spiro atoms. The lowest BCUT2D eigenvalue weighted by Gasteiger charge is -2.23. The van der Waals surface area contributed by atoms with Crippen LogP contribution in [0, 0.1) is 5.82 Å². The summed E-state index contributed by atoms with van der Waals surface area (Å²) < 4.78 is 15.6. The summed E-state index contributed by atoms with van der Waals surface area (Å²) in [4.78, 5) is 1.98. The molecule has 0 radical (unpaired) electrons. The lowest BCUT2D eigenvalue weighted by atomic mass is 10.0. The van der Waals surface area contributed by atoms with Crippen LogP contribution in [0.2, 0.25) is 0 Å². The number of anilines is 1. The van der Waals surface area contributed by atoms with Crippen molar-refractivity contribution in [3.05, 3.63) is 47.5 Å². The quantitative estimate of drug-likeness (QED) is 0.919. The SMILES string of the molecule is CC(N)c1c(F)cccc1N(C)Cc1cnn(C)c1. The zero-order valence-corrected chi connectivity index (χ0v) is 11.5. The predicted octanol–water partition coefficient (Wildman–Crippen LogP) is 2.22. The maximum atomic E-state index is 13.9. The summed E-state index contributed by atoms with van der Waals surface area (Å²) in [5.74, 6) is -0.259. The molecule has 0 fully saturated rings. The van der Waals surface area contributed by atoms with E-state index in [4.69, 9.17) is 5.73 Å². The molecule has 0 saturated carbocycles. The lowest BCUT2D eigenvalue weighted by Crippen LogP contribution is -2.21. The van der Waals surface area contributed by atoms with E-state index in [1.165, 1.54) is 6.07 Å². The molecule has 0 saturated heterocycles. The van der Waals surface area contributed by atoms with Gasteiger partial charge in [0.15, 0.2) is 0 Å². The van der Waals surface area contributed by atoms with Crippen LogP contribution in [0.4, 0.5) is 10.1 Å². The van der Waals surface area contributed by atoms with Crippen molar-refractivity contribution in [2.24, 2.45) is 12.8 Å². The van der Waals surface area contributed by atoms with Crippen molar-refractivity contribution < 1.29 is 4.39 Å². The highest BCUT2D eigenvalue weighted by Crippen LogP contribution is 2.27. The largest absolute Gasteiger partial charge is 0.370 e. The highest BCUT2D eigenvalue weighted by atomic mass is 19.1. The van der Waals surface area contributed by atoms with Crippen LogP contribution >= 0.6 is 0 Å². The average molecular weight is 262 g/mol. The number of nitrogens with zero attached hydrogens (tertiary/aromatic N) is 3. The van der Waals surface area contributed by atoms with Crippen molar-refractivity contribution in [3.8, 4) is 0 Å². The second-order valence-electron chi connectivity index (χ2n) is 4.84. The number of halogens is 1. The standard InChI is InChI=1S/C14H19FN4/c1-10(16)14-12(15)5-4-6-13(14)18(2)8-11-7-17-19(3)9-11/h4-7,9-10H,8,16H2,1-3H3. The number of nitrogens with two attached hydrogens (primary N) is 1. The highest BCUT2D eigenvalue weighted by Gasteiger charge is 2.15. The highest BCUT2D eigenvalue weighted by molar-refractivity contribution is 5.55. The Bertz CT molecular complexity index is 562. The molecular formula is C14H19FN4. The van der Waals surface area contributed by atoms with Crippen molar-refractivity contribution in [1.82, 2.24) is 9.78 Å². The molecule has 1 aromatic carbocycles. The maximum absolute atomic E-state index is 13.9. The summed E-state index contributed by atoms with van der Waals surface area (Å²) in [6, 6.07) is 4.70. The molecule has 2 N–H and O–H groups in total. The van der Waals surface area contributed by atoms with Gasteiger partial charge in [0, 0.05) is 49.7 Å². The summed E-state index contributed by atoms with van der Waals surface area (Å²) in [5, 5.41) is 4.13. The first kappa shape index (κ1) is 13.5. The molecule has 4 nitrogen and oxygen atoms in total. The van der Waals surface area contributed by atoms with E-state index < -0.39 is 0 Å². The Morgan fingerprint density at radius 1 is 1.47 bits per heavy atom. The number of aromatic nitrogens is 2. The van der Waals surface area contributed by atoms with Crippen molar-refractivity contribution >= 4 is 5.69 Å². The van der Waals surface area contributed by atoms with Gasteiger partial charge in [-0.15, -0.1) is 0 Å². The van der Waals surface area contributed by atoms with Gasteiger partial charge in [-0.3, -0.25) is 4.68 Å². The smallest absolute Gasteiger partial charge is 0.130 e. The molecule has 1 atom stereocenters. The first-order chi connectivity index (χ1) is 8.99. The average Bonchev–Trinajstić information content (AvgIpc) is 2.73. The minimum absolute atomic E-state index is 0.259. The Kier molecular flexibility index (Phi) is 3.85. The molecule has 19 heavy (non-hydrogen) atoms. The lowest BCUT2D eigenvalue weighted by molar-refractivity contribution is 0.592. The van der Waals surface area contributed by atoms with Gasteiger partial charge in [-0.25, -0.2) is 4.39 Å². The number of aryl methyl sites for hydroxylation is 1. The summed E-state index contributed by atoms with van der Waals surface area (Å²) in [6.07, 6.45) is 3.75. The minimum atomic E-state index is -0.340. The molecule has 2 rings (SSSR count). The number of hydrogen-bond donors (Lipinski definition) is 1. The molecule has 1 heterocycles. The fourth-order valence-corrected chi connectivity index (χ4v) is 2.22. The molecule has 102 valence electrons. The summed E-state index contributed by atoms with van der Waals surface area (Å²) in [6.45, 7) is 2.46. The van der Waals surface area contributed by atoms with E-state index in [0.717, 1.165) is 11.3 Å². The Morgan fingerprint density at radius 2 is 2.21 bits per heavy atom. The molecule has 2 aromatic rings. The Balaban J connectivity index is 2.28. The third-order valence-corrected chi connectivity index (χ3v) is 3.07. The molecule has 1 aromatic heterocycles. The molecule has 0 aliphatic heterocycles. The second kappa shape index (κ2) is 5.40. The van der Waals surface area contributed by atoms with Crippen molar-refractivity contribution in [3.63, 3.8) is 0 Å². The van der Waals surface area contributed by atoms with Crippen LogP contribution in [0.3, 0.4) is 0 Å². The van der Waals surface area contributed by atoms with Gasteiger partial charge in [0.2, 0.25) is 0 Å². The Labute approximate surface area is 112 Å². The van der Waals surface area contributed by atoms with Gasteiger partial charge in [-0.2, -0.15) is 5.10 Å². The maximum Gasteiger partial charge on any atom is 0.130 e. The van der Waals surface area contributed by atoms with Crippen LogP contribution < -0.4 is 10.6 Å². The Hall–Kier alpha value is -1.88. The summed E-state index contributed by atoms with van der Waals surface area (Å²) >= 11 is 0. The molecule has 5 heteroatoms. The number of benzene rings is 1. The monoisotopic (exact) mass is 262 g/mol. The van der Waals surface area contributed by atoms with Crippen LogP contribution in [-0.2, 0) is 13.6 Å². The molecule has 0 aliphatic rings. The fraction of sp³-hybridized carbons (Fsp3) is 0.357. The summed E-state index contributed by atoms with van der Waals surface area (Å²) in [5.41, 5.74) is 8.31. The van der Waals surface area contributed by atoms with Crippen molar-refractivity contribution in [1.29, 1.82) is 0 Å². The van der Waals surface area contributed by atoms with E-state index >= 15 is 0 Å². The first-order valence-electron chi connectivity index (χ1n) is 6.21. The van der Waals surface area contributed by atoms with E-state index in [0.29, 0.717) is 12.1 Å². The molecular weight excluding hydrogens is 243 g/mol. The second-order valence-corrected chi connectivity index (χ2v) is 4.84. The fourth-order valence-electron chi connectivity index (χ4n) is 2.22. The molecule has 0 bridgehead atoms. The van der Waals surface area contributed by atoms with Crippen LogP contribution in [0.15, 0.2) is 30.6 Å². The van der Waals surface area contributed by atoms with Gasteiger partial charge < -0.3 is 10.6 Å². The number of rotatable bonds is 4. The van der Waals surface area contributed by atoms with E-state index in [1.54, 1.807) is 23.9 Å². The number of hydrogen-bond acceptors (Lipinski definition) is 3. The zero-order valence-electron chi connectivity index (χ0n) is 11.5. The van der Waals surface area contributed by atoms with Gasteiger partial charge in [-0.1, -0.05) is 6.07 Å². The molecule has 0 amide bonds. The van der Waals surface area contributed by atoms with Gasteiger partial charge in [-0.05, 0) is 19.1 Å². The Morgan fingerprint density at radius 3 is 2.79 bits per heavy atom. The zero-order chi connectivity index (χ0) is 14.0. The van der Waals surface area contributed by atoms with Gasteiger partial charge in [0.25, 0.3) is 0 Å².